The van der Waals surface area contributed by atoms with Crippen LogP contribution in [0.4, 0.5) is 5.82 Å². The van der Waals surface area contributed by atoms with E-state index in [0.29, 0.717) is 5.82 Å². The number of para-hydroxylation sites is 1. The van der Waals surface area contributed by atoms with Gasteiger partial charge in [-0.3, -0.25) is 0 Å². The summed E-state index contributed by atoms with van der Waals surface area (Å²) in [6.07, 6.45) is 1.90. The maximum atomic E-state index is 5.88. The Bertz CT molecular complexity index is 785. The van der Waals surface area contributed by atoms with Gasteiger partial charge in [-0.2, -0.15) is 0 Å². The van der Waals surface area contributed by atoms with E-state index in [-0.39, 0.29) is 0 Å². The number of benzene rings is 2. The molecule has 4 nitrogen and oxygen atoms in total. The maximum Gasteiger partial charge on any atom is 0.139 e. The summed E-state index contributed by atoms with van der Waals surface area (Å²) in [4.78, 5) is 11.1. The number of nitrogens with zero attached hydrogens (tertiary/aromatic N) is 3. The molecular weight excluding hydrogens is 274 g/mol. The Hall–Kier alpha value is -2.62. The normalized spacial score (nSPS) is 10.7. The summed E-state index contributed by atoms with van der Waals surface area (Å²) in [6.45, 7) is 1.94. The number of rotatable bonds is 4. The van der Waals surface area contributed by atoms with E-state index in [4.69, 9.17) is 4.74 Å². The Kier molecular flexibility index (Phi) is 3.92. The highest BCUT2D eigenvalue weighted by molar-refractivity contribution is 5.90. The van der Waals surface area contributed by atoms with E-state index in [1.165, 1.54) is 0 Å². The van der Waals surface area contributed by atoms with Crippen molar-refractivity contribution >= 4 is 16.7 Å². The van der Waals surface area contributed by atoms with Crippen LogP contribution in [0.15, 0.2) is 48.5 Å². The van der Waals surface area contributed by atoms with Gasteiger partial charge in [-0.05, 0) is 24.3 Å². The number of fused-ring (bicyclic) bond motifs is 1. The quantitative estimate of drug-likeness (QED) is 0.727. The van der Waals surface area contributed by atoms with Crippen LogP contribution in [0.2, 0.25) is 0 Å². The standard InChI is InChI=1S/C18H18N3O/c1-4-17-19-16-12-14(22-13-8-6-5-7-9-13)10-11-15(16)18(20-17)21(2)3/h4-12H,1-3H3. The third-order valence-corrected chi connectivity index (χ3v) is 3.33. The van der Waals surface area contributed by atoms with E-state index >= 15 is 0 Å². The molecule has 3 rings (SSSR count). The smallest absolute Gasteiger partial charge is 0.139 e. The second-order valence-corrected chi connectivity index (χ2v) is 5.18. The minimum Gasteiger partial charge on any atom is -0.457 e. The number of anilines is 1. The average Bonchev–Trinajstić information content (AvgIpc) is 2.54. The van der Waals surface area contributed by atoms with Gasteiger partial charge in [-0.15, -0.1) is 0 Å². The first kappa shape index (κ1) is 14.3. The molecule has 4 heteroatoms. The Balaban J connectivity index is 2.05. The zero-order valence-electron chi connectivity index (χ0n) is 12.9. The van der Waals surface area contributed by atoms with E-state index in [1.807, 2.05) is 80.9 Å². The van der Waals surface area contributed by atoms with Crippen molar-refractivity contribution < 1.29 is 4.74 Å². The molecule has 0 aliphatic carbocycles. The van der Waals surface area contributed by atoms with E-state index < -0.39 is 0 Å². The molecule has 0 spiro atoms. The van der Waals surface area contributed by atoms with E-state index in [9.17, 15) is 0 Å². The second-order valence-electron chi connectivity index (χ2n) is 5.18. The lowest BCUT2D eigenvalue weighted by Crippen LogP contribution is -2.12. The zero-order chi connectivity index (χ0) is 15.5. The highest BCUT2D eigenvalue weighted by Crippen LogP contribution is 2.29. The Morgan fingerprint density at radius 2 is 1.73 bits per heavy atom. The van der Waals surface area contributed by atoms with Crippen LogP contribution < -0.4 is 9.64 Å². The van der Waals surface area contributed by atoms with Crippen molar-refractivity contribution in [2.45, 2.75) is 6.92 Å². The van der Waals surface area contributed by atoms with Crippen LogP contribution in [0.25, 0.3) is 10.9 Å². The zero-order valence-corrected chi connectivity index (χ0v) is 12.9. The SMILES string of the molecule is C[CH]c1nc(N(C)C)c2ccc(Oc3ccccc3)cc2n1. The number of hydrogen-bond acceptors (Lipinski definition) is 4. The number of hydrogen-bond donors (Lipinski definition) is 0. The van der Waals surface area contributed by atoms with Gasteiger partial charge in [-0.25, -0.2) is 9.97 Å². The monoisotopic (exact) mass is 292 g/mol. The lowest BCUT2D eigenvalue weighted by molar-refractivity contribution is 0.483. The lowest BCUT2D eigenvalue weighted by atomic mass is 10.2. The number of aromatic nitrogens is 2. The van der Waals surface area contributed by atoms with Crippen LogP contribution in [0.1, 0.15) is 12.7 Å². The van der Waals surface area contributed by atoms with Crippen molar-refractivity contribution in [1.82, 2.24) is 9.97 Å². The summed E-state index contributed by atoms with van der Waals surface area (Å²) in [7, 11) is 3.96. The summed E-state index contributed by atoms with van der Waals surface area (Å²) in [6, 6.07) is 15.6. The van der Waals surface area contributed by atoms with Gasteiger partial charge in [0.05, 0.1) is 5.52 Å². The topological polar surface area (TPSA) is 38.2 Å². The highest BCUT2D eigenvalue weighted by Gasteiger charge is 2.10. The first-order chi connectivity index (χ1) is 10.7. The fourth-order valence-corrected chi connectivity index (χ4v) is 2.27. The third kappa shape index (κ3) is 2.86. The van der Waals surface area contributed by atoms with Gasteiger partial charge in [0, 0.05) is 32.0 Å². The van der Waals surface area contributed by atoms with Crippen LogP contribution in [0, 0.1) is 6.42 Å². The predicted octanol–water partition coefficient (Wildman–Crippen LogP) is 4.06. The van der Waals surface area contributed by atoms with E-state index in [2.05, 4.69) is 9.97 Å². The minimum absolute atomic E-state index is 0.716. The van der Waals surface area contributed by atoms with Gasteiger partial charge >= 0.3 is 0 Å². The van der Waals surface area contributed by atoms with Gasteiger partial charge < -0.3 is 9.64 Å². The molecule has 1 aromatic heterocycles. The molecule has 0 saturated carbocycles. The largest absolute Gasteiger partial charge is 0.457 e. The molecule has 0 N–H and O–H groups in total. The summed E-state index contributed by atoms with van der Waals surface area (Å²) in [5.41, 5.74) is 0.875. The van der Waals surface area contributed by atoms with Crippen molar-refractivity contribution in [2.24, 2.45) is 0 Å². The predicted molar refractivity (Wildman–Crippen MR) is 89.5 cm³/mol. The van der Waals surface area contributed by atoms with Crippen LogP contribution in [-0.4, -0.2) is 24.1 Å². The Morgan fingerprint density at radius 1 is 0.955 bits per heavy atom. The fourth-order valence-electron chi connectivity index (χ4n) is 2.27. The molecule has 0 amide bonds. The van der Waals surface area contributed by atoms with E-state index in [0.717, 1.165) is 28.2 Å². The highest BCUT2D eigenvalue weighted by atomic mass is 16.5. The molecule has 0 unspecified atom stereocenters. The van der Waals surface area contributed by atoms with Crippen molar-refractivity contribution in [3.05, 3.63) is 60.8 Å². The number of ether oxygens (including phenoxy) is 1. The minimum atomic E-state index is 0.716. The fraction of sp³-hybridized carbons (Fsp3) is 0.167. The first-order valence-corrected chi connectivity index (χ1v) is 7.19. The first-order valence-electron chi connectivity index (χ1n) is 7.19. The second kappa shape index (κ2) is 6.02. The molecule has 2 aromatic carbocycles. The van der Waals surface area contributed by atoms with Gasteiger partial charge in [0.2, 0.25) is 0 Å². The van der Waals surface area contributed by atoms with E-state index in [1.54, 1.807) is 0 Å². The van der Waals surface area contributed by atoms with Gasteiger partial charge in [-0.1, -0.05) is 25.1 Å². The van der Waals surface area contributed by atoms with Crippen LogP contribution >= 0.6 is 0 Å². The summed E-state index contributed by atoms with van der Waals surface area (Å²) < 4.78 is 5.88. The summed E-state index contributed by atoms with van der Waals surface area (Å²) >= 11 is 0. The van der Waals surface area contributed by atoms with Gasteiger partial charge in [0.15, 0.2) is 0 Å². The van der Waals surface area contributed by atoms with Crippen LogP contribution in [0.5, 0.6) is 11.5 Å². The molecule has 0 aliphatic heterocycles. The molecular formula is C18H18N3O. The Labute approximate surface area is 130 Å². The molecule has 1 radical (unpaired) electrons. The van der Waals surface area contributed by atoms with Crippen molar-refractivity contribution in [2.75, 3.05) is 19.0 Å². The molecule has 0 fully saturated rings. The molecule has 22 heavy (non-hydrogen) atoms. The molecule has 111 valence electrons. The molecule has 0 bridgehead atoms. The molecule has 0 aliphatic rings. The maximum absolute atomic E-state index is 5.88. The van der Waals surface area contributed by atoms with Gasteiger partial charge in [0.1, 0.15) is 23.1 Å². The van der Waals surface area contributed by atoms with Crippen molar-refractivity contribution in [1.29, 1.82) is 0 Å². The molecule has 0 atom stereocenters. The van der Waals surface area contributed by atoms with Crippen molar-refractivity contribution in [3.63, 3.8) is 0 Å². The Morgan fingerprint density at radius 3 is 2.41 bits per heavy atom. The van der Waals surface area contributed by atoms with Crippen LogP contribution in [-0.2, 0) is 0 Å². The lowest BCUT2D eigenvalue weighted by Gasteiger charge is -2.15. The molecule has 3 aromatic rings. The van der Waals surface area contributed by atoms with Crippen LogP contribution in [0.3, 0.4) is 0 Å². The third-order valence-electron chi connectivity index (χ3n) is 3.33. The van der Waals surface area contributed by atoms with Crippen molar-refractivity contribution in [3.8, 4) is 11.5 Å². The molecule has 0 saturated heterocycles. The van der Waals surface area contributed by atoms with Gasteiger partial charge in [0.25, 0.3) is 0 Å². The molecule has 1 heterocycles. The summed E-state index contributed by atoms with van der Waals surface area (Å²) in [5, 5.41) is 1.01. The average molecular weight is 292 g/mol. The summed E-state index contributed by atoms with van der Waals surface area (Å²) in [5.74, 6) is 3.20.